The molecule has 30 heavy (non-hydrogen) atoms. The van der Waals surface area contributed by atoms with Gasteiger partial charge < -0.3 is 9.80 Å². The molecule has 2 aromatic heterocycles. The number of aromatic nitrogens is 1. The average Bonchev–Trinajstić information content (AvgIpc) is 3.53. The van der Waals surface area contributed by atoms with Crippen LogP contribution in [0.3, 0.4) is 0 Å². The molecule has 10 heteroatoms. The van der Waals surface area contributed by atoms with Crippen LogP contribution in [0.25, 0.3) is 10.2 Å². The number of carbonyl (C=O) groups excluding carboxylic acids is 1. The molecule has 0 radical (unpaired) electrons. The Hall–Kier alpha value is -2.01. The fourth-order valence-corrected chi connectivity index (χ4v) is 7.91. The summed E-state index contributed by atoms with van der Waals surface area (Å²) in [5, 5.41) is 2.73. The first-order valence-corrected chi connectivity index (χ1v) is 13.1. The van der Waals surface area contributed by atoms with E-state index >= 15 is 0 Å². The molecule has 0 unspecified atom stereocenters. The second-order valence-electron chi connectivity index (χ2n) is 7.48. The number of hydrogen-bond acceptors (Lipinski definition) is 7. The van der Waals surface area contributed by atoms with Crippen LogP contribution in [-0.4, -0.2) is 67.3 Å². The maximum Gasteiger partial charge on any atom is 0.253 e. The highest BCUT2D eigenvalue weighted by molar-refractivity contribution is 7.91. The van der Waals surface area contributed by atoms with E-state index in [9.17, 15) is 13.2 Å². The minimum atomic E-state index is -3.61. The molecular formula is C20H22N4O3S3. The summed E-state index contributed by atoms with van der Waals surface area (Å²) in [4.78, 5) is 21.9. The Kier molecular flexibility index (Phi) is 5.26. The van der Waals surface area contributed by atoms with E-state index in [1.165, 1.54) is 15.6 Å². The van der Waals surface area contributed by atoms with Gasteiger partial charge in [-0.1, -0.05) is 29.5 Å². The highest BCUT2D eigenvalue weighted by Gasteiger charge is 2.42. The lowest BCUT2D eigenvalue weighted by atomic mass is 10.2. The van der Waals surface area contributed by atoms with Crippen molar-refractivity contribution in [3.8, 4) is 0 Å². The van der Waals surface area contributed by atoms with Gasteiger partial charge in [0.25, 0.3) is 10.0 Å². The second kappa shape index (κ2) is 7.92. The Morgan fingerprint density at radius 1 is 1.03 bits per heavy atom. The summed E-state index contributed by atoms with van der Waals surface area (Å²) in [6, 6.07) is 10.8. The number of rotatable bonds is 4. The van der Waals surface area contributed by atoms with Crippen LogP contribution in [0.2, 0.25) is 0 Å². The quantitative estimate of drug-likeness (QED) is 0.596. The first-order chi connectivity index (χ1) is 14.5. The van der Waals surface area contributed by atoms with Crippen molar-refractivity contribution < 1.29 is 13.2 Å². The number of benzene rings is 1. The molecule has 1 aromatic carbocycles. The number of nitrogens with zero attached hydrogens (tertiary/aromatic N) is 4. The first-order valence-electron chi connectivity index (χ1n) is 9.99. The minimum absolute atomic E-state index is 0.0726. The highest BCUT2D eigenvalue weighted by atomic mass is 32.2. The lowest BCUT2D eigenvalue weighted by Gasteiger charge is -2.37. The fourth-order valence-electron chi connectivity index (χ4n) is 4.12. The predicted molar refractivity (Wildman–Crippen MR) is 120 cm³/mol. The maximum absolute atomic E-state index is 13.2. The maximum atomic E-state index is 13.2. The summed E-state index contributed by atoms with van der Waals surface area (Å²) in [7, 11) is -3.61. The van der Waals surface area contributed by atoms with E-state index in [1.807, 2.05) is 23.1 Å². The zero-order valence-electron chi connectivity index (χ0n) is 16.3. The largest absolute Gasteiger partial charge is 0.345 e. The number of fused-ring (bicyclic) bond motifs is 1. The van der Waals surface area contributed by atoms with E-state index in [0.717, 1.165) is 15.3 Å². The van der Waals surface area contributed by atoms with Crippen LogP contribution in [0.5, 0.6) is 0 Å². The molecule has 3 aromatic rings. The van der Waals surface area contributed by atoms with Crippen molar-refractivity contribution in [2.45, 2.75) is 23.1 Å². The zero-order chi connectivity index (χ0) is 20.7. The summed E-state index contributed by atoms with van der Waals surface area (Å²) in [6.45, 7) is 2.98. The molecule has 2 aliphatic heterocycles. The van der Waals surface area contributed by atoms with Crippen molar-refractivity contribution >= 4 is 54.0 Å². The normalized spacial score (nSPS) is 20.9. The Labute approximate surface area is 183 Å². The SMILES string of the molecule is O=C([C@H]1CCCN1S(=O)(=O)c1cccs1)N1CCN(c2nc3ccccc3s2)CC1. The molecule has 2 fully saturated rings. The molecular weight excluding hydrogens is 440 g/mol. The standard InChI is InChI=1S/C20H22N4O3S3/c25-19(16-6-3-9-24(16)30(26,27)18-8-4-14-28-18)22-10-12-23(13-11-22)20-21-15-5-1-2-7-17(15)29-20/h1-2,4-5,7-8,14,16H,3,6,9-13H2/t16-/m1/s1. The molecule has 0 bridgehead atoms. The van der Waals surface area contributed by atoms with Crippen LogP contribution < -0.4 is 4.90 Å². The number of carbonyl (C=O) groups is 1. The van der Waals surface area contributed by atoms with Crippen molar-refractivity contribution in [1.29, 1.82) is 0 Å². The summed E-state index contributed by atoms with van der Waals surface area (Å²) in [5.41, 5.74) is 0.997. The predicted octanol–water partition coefficient (Wildman–Crippen LogP) is 2.86. The number of para-hydroxylation sites is 1. The van der Waals surface area contributed by atoms with Crippen molar-refractivity contribution in [3.63, 3.8) is 0 Å². The number of thiophene rings is 1. The zero-order valence-corrected chi connectivity index (χ0v) is 18.8. The van der Waals surface area contributed by atoms with Gasteiger partial charge in [-0.05, 0) is 36.4 Å². The van der Waals surface area contributed by atoms with Crippen molar-refractivity contribution in [3.05, 3.63) is 41.8 Å². The lowest BCUT2D eigenvalue weighted by molar-refractivity contribution is -0.134. The Bertz CT molecular complexity index is 1120. The van der Waals surface area contributed by atoms with Crippen LogP contribution >= 0.6 is 22.7 Å². The minimum Gasteiger partial charge on any atom is -0.345 e. The molecule has 0 N–H and O–H groups in total. The van der Waals surface area contributed by atoms with Crippen LogP contribution in [0.4, 0.5) is 5.13 Å². The van der Waals surface area contributed by atoms with Crippen LogP contribution in [-0.2, 0) is 14.8 Å². The fraction of sp³-hybridized carbons (Fsp3) is 0.400. The number of piperazine rings is 1. The van der Waals surface area contributed by atoms with Crippen molar-refractivity contribution in [2.75, 3.05) is 37.6 Å². The third kappa shape index (κ3) is 3.51. The number of thiazole rings is 1. The molecule has 0 saturated carbocycles. The van der Waals surface area contributed by atoms with Gasteiger partial charge in [0.15, 0.2) is 5.13 Å². The van der Waals surface area contributed by atoms with Gasteiger partial charge in [-0.2, -0.15) is 4.31 Å². The van der Waals surface area contributed by atoms with E-state index in [0.29, 0.717) is 49.8 Å². The monoisotopic (exact) mass is 462 g/mol. The van der Waals surface area contributed by atoms with Gasteiger partial charge in [-0.15, -0.1) is 11.3 Å². The van der Waals surface area contributed by atoms with Gasteiger partial charge in [-0.25, -0.2) is 13.4 Å². The van der Waals surface area contributed by atoms with Crippen molar-refractivity contribution in [1.82, 2.24) is 14.2 Å². The van der Waals surface area contributed by atoms with Gasteiger partial charge >= 0.3 is 0 Å². The Morgan fingerprint density at radius 3 is 2.57 bits per heavy atom. The summed E-state index contributed by atoms with van der Waals surface area (Å²) >= 11 is 2.86. The molecule has 5 rings (SSSR count). The molecule has 2 aliphatic rings. The van der Waals surface area contributed by atoms with Gasteiger partial charge in [0.1, 0.15) is 10.3 Å². The van der Waals surface area contributed by atoms with Gasteiger partial charge in [0.2, 0.25) is 5.91 Å². The van der Waals surface area contributed by atoms with E-state index in [2.05, 4.69) is 11.0 Å². The van der Waals surface area contributed by atoms with Crippen LogP contribution in [0.1, 0.15) is 12.8 Å². The van der Waals surface area contributed by atoms with Gasteiger partial charge in [-0.3, -0.25) is 4.79 Å². The molecule has 2 saturated heterocycles. The third-order valence-corrected chi connectivity index (χ3v) is 10.1. The summed E-state index contributed by atoms with van der Waals surface area (Å²) < 4.78 is 28.8. The number of sulfonamides is 1. The molecule has 7 nitrogen and oxygen atoms in total. The number of anilines is 1. The Balaban J connectivity index is 1.27. The van der Waals surface area contributed by atoms with Gasteiger partial charge in [0, 0.05) is 32.7 Å². The van der Waals surface area contributed by atoms with Crippen LogP contribution in [0, 0.1) is 0 Å². The summed E-state index contributed by atoms with van der Waals surface area (Å²) in [5.74, 6) is -0.0726. The summed E-state index contributed by atoms with van der Waals surface area (Å²) in [6.07, 6.45) is 1.30. The Morgan fingerprint density at radius 2 is 1.83 bits per heavy atom. The van der Waals surface area contributed by atoms with E-state index < -0.39 is 16.1 Å². The topological polar surface area (TPSA) is 73.8 Å². The average molecular weight is 463 g/mol. The van der Waals surface area contributed by atoms with E-state index in [-0.39, 0.29) is 5.91 Å². The van der Waals surface area contributed by atoms with E-state index in [4.69, 9.17) is 4.98 Å². The lowest BCUT2D eigenvalue weighted by Crippen LogP contribution is -2.54. The number of hydrogen-bond donors (Lipinski definition) is 0. The van der Waals surface area contributed by atoms with Crippen molar-refractivity contribution in [2.24, 2.45) is 0 Å². The first kappa shape index (κ1) is 19.9. The highest BCUT2D eigenvalue weighted by Crippen LogP contribution is 2.31. The molecule has 1 amide bonds. The molecule has 0 aliphatic carbocycles. The molecule has 0 spiro atoms. The van der Waals surface area contributed by atoms with E-state index in [1.54, 1.807) is 28.8 Å². The smallest absolute Gasteiger partial charge is 0.253 e. The number of amides is 1. The molecule has 158 valence electrons. The third-order valence-electron chi connectivity index (χ3n) is 5.69. The van der Waals surface area contributed by atoms with Gasteiger partial charge in [0.05, 0.1) is 10.2 Å². The molecule has 4 heterocycles. The second-order valence-corrected chi connectivity index (χ2v) is 11.6. The van der Waals surface area contributed by atoms with Crippen LogP contribution in [0.15, 0.2) is 46.0 Å². The molecule has 1 atom stereocenters.